The Morgan fingerprint density at radius 3 is 2.68 bits per heavy atom. The lowest BCUT2D eigenvalue weighted by molar-refractivity contribution is -0.166. The van der Waals surface area contributed by atoms with Crippen molar-refractivity contribution in [1.82, 2.24) is 0 Å². The van der Waals surface area contributed by atoms with Crippen molar-refractivity contribution in [2.45, 2.75) is 64.9 Å². The molecule has 0 aromatic carbocycles. The van der Waals surface area contributed by atoms with Gasteiger partial charge in [0.05, 0.1) is 19.3 Å². The van der Waals surface area contributed by atoms with Crippen molar-refractivity contribution in [2.75, 3.05) is 13.2 Å². The van der Waals surface area contributed by atoms with Gasteiger partial charge in [0, 0.05) is 5.41 Å². The standard InChI is InChI=1S/C19H32O3/c1-13-4-3-8-18(2)15(13)7-9-19(12-21)16(18)6-5-14(11-20)10-17(19)22/h5,13,15-17,20-22H,3-4,6-12H2,1-2H3. The minimum absolute atomic E-state index is 0.0296. The molecule has 3 rings (SSSR count). The Morgan fingerprint density at radius 2 is 2.00 bits per heavy atom. The van der Waals surface area contributed by atoms with Crippen molar-refractivity contribution < 1.29 is 15.3 Å². The quantitative estimate of drug-likeness (QED) is 0.687. The fourth-order valence-corrected chi connectivity index (χ4v) is 6.29. The molecule has 0 aliphatic heterocycles. The van der Waals surface area contributed by atoms with E-state index in [9.17, 15) is 15.3 Å². The van der Waals surface area contributed by atoms with Gasteiger partial charge in [0.2, 0.25) is 0 Å². The van der Waals surface area contributed by atoms with Gasteiger partial charge in [-0.05, 0) is 60.8 Å². The number of aliphatic hydroxyl groups excluding tert-OH is 3. The van der Waals surface area contributed by atoms with E-state index in [1.54, 1.807) is 0 Å². The molecule has 6 atom stereocenters. The largest absolute Gasteiger partial charge is 0.396 e. The summed E-state index contributed by atoms with van der Waals surface area (Å²) in [5.41, 5.74) is 0.773. The maximum absolute atomic E-state index is 10.9. The lowest BCUT2D eigenvalue weighted by atomic mass is 9.44. The van der Waals surface area contributed by atoms with Gasteiger partial charge in [0.15, 0.2) is 0 Å². The molecule has 0 amide bonds. The first-order valence-corrected chi connectivity index (χ1v) is 9.05. The minimum Gasteiger partial charge on any atom is -0.396 e. The normalized spacial score (nSPS) is 48.9. The van der Waals surface area contributed by atoms with Gasteiger partial charge in [-0.2, -0.15) is 0 Å². The maximum Gasteiger partial charge on any atom is 0.0659 e. The van der Waals surface area contributed by atoms with Crippen LogP contribution in [0.3, 0.4) is 0 Å². The summed E-state index contributed by atoms with van der Waals surface area (Å²) < 4.78 is 0. The predicted octanol–water partition coefficient (Wildman–Crippen LogP) is 2.89. The zero-order valence-electron chi connectivity index (χ0n) is 14.1. The van der Waals surface area contributed by atoms with E-state index >= 15 is 0 Å². The predicted molar refractivity (Wildman–Crippen MR) is 87.3 cm³/mol. The van der Waals surface area contributed by atoms with E-state index in [1.165, 1.54) is 19.3 Å². The molecule has 0 bridgehead atoms. The number of hydrogen-bond acceptors (Lipinski definition) is 3. The third-order valence-electron chi connectivity index (χ3n) is 7.58. The highest BCUT2D eigenvalue weighted by Crippen LogP contribution is 2.63. The summed E-state index contributed by atoms with van der Waals surface area (Å²) in [5, 5.41) is 30.7. The second-order valence-electron chi connectivity index (χ2n) is 8.44. The summed E-state index contributed by atoms with van der Waals surface area (Å²) in [6, 6.07) is 0. The molecular weight excluding hydrogens is 276 g/mol. The van der Waals surface area contributed by atoms with Crippen LogP contribution >= 0.6 is 0 Å². The van der Waals surface area contributed by atoms with Crippen molar-refractivity contribution in [2.24, 2.45) is 28.6 Å². The highest BCUT2D eigenvalue weighted by Gasteiger charge is 2.59. The van der Waals surface area contributed by atoms with Crippen LogP contribution in [0.1, 0.15) is 58.8 Å². The molecule has 0 radical (unpaired) electrons. The first kappa shape index (κ1) is 16.5. The molecule has 0 spiro atoms. The number of allylic oxidation sites excluding steroid dienone is 1. The Morgan fingerprint density at radius 1 is 1.23 bits per heavy atom. The van der Waals surface area contributed by atoms with Gasteiger partial charge in [-0.15, -0.1) is 0 Å². The van der Waals surface area contributed by atoms with Crippen LogP contribution in [0.4, 0.5) is 0 Å². The number of fused-ring (bicyclic) bond motifs is 3. The Labute approximate surface area is 134 Å². The minimum atomic E-state index is -0.529. The Bertz CT molecular complexity index is 446. The lowest BCUT2D eigenvalue weighted by Crippen LogP contribution is -2.58. The molecule has 6 unspecified atom stereocenters. The van der Waals surface area contributed by atoms with E-state index in [4.69, 9.17) is 0 Å². The van der Waals surface area contributed by atoms with Gasteiger partial charge < -0.3 is 15.3 Å². The van der Waals surface area contributed by atoms with Gasteiger partial charge in [0.25, 0.3) is 0 Å². The maximum atomic E-state index is 10.9. The smallest absolute Gasteiger partial charge is 0.0659 e. The van der Waals surface area contributed by atoms with Crippen molar-refractivity contribution in [3.8, 4) is 0 Å². The van der Waals surface area contributed by atoms with Crippen LogP contribution in [-0.2, 0) is 0 Å². The first-order valence-electron chi connectivity index (χ1n) is 9.05. The molecule has 22 heavy (non-hydrogen) atoms. The number of rotatable bonds is 2. The lowest BCUT2D eigenvalue weighted by Gasteiger charge is -2.61. The second-order valence-corrected chi connectivity index (χ2v) is 8.44. The highest BCUT2D eigenvalue weighted by atomic mass is 16.3. The van der Waals surface area contributed by atoms with Gasteiger partial charge in [-0.3, -0.25) is 0 Å². The molecule has 2 saturated carbocycles. The monoisotopic (exact) mass is 308 g/mol. The van der Waals surface area contributed by atoms with E-state index in [1.807, 2.05) is 0 Å². The van der Waals surface area contributed by atoms with Crippen LogP contribution in [0.25, 0.3) is 0 Å². The van der Waals surface area contributed by atoms with Crippen molar-refractivity contribution >= 4 is 0 Å². The average Bonchev–Trinajstić information content (AvgIpc) is 2.65. The summed E-state index contributed by atoms with van der Waals surface area (Å²) in [6.45, 7) is 4.89. The topological polar surface area (TPSA) is 60.7 Å². The first-order chi connectivity index (χ1) is 10.5. The highest BCUT2D eigenvalue weighted by molar-refractivity contribution is 5.17. The van der Waals surface area contributed by atoms with Gasteiger partial charge >= 0.3 is 0 Å². The van der Waals surface area contributed by atoms with Crippen LogP contribution in [0, 0.1) is 28.6 Å². The fraction of sp³-hybridized carbons (Fsp3) is 0.895. The van der Waals surface area contributed by atoms with E-state index < -0.39 is 6.10 Å². The Balaban J connectivity index is 2.02. The molecule has 0 aromatic rings. The third kappa shape index (κ3) is 2.28. The van der Waals surface area contributed by atoms with Crippen molar-refractivity contribution in [3.63, 3.8) is 0 Å². The number of hydrogen-bond donors (Lipinski definition) is 3. The van der Waals surface area contributed by atoms with Crippen LogP contribution < -0.4 is 0 Å². The number of aliphatic hydroxyl groups is 3. The Hall–Kier alpha value is -0.380. The molecule has 3 nitrogen and oxygen atoms in total. The van der Waals surface area contributed by atoms with Crippen molar-refractivity contribution in [1.29, 1.82) is 0 Å². The van der Waals surface area contributed by atoms with Crippen LogP contribution in [0.15, 0.2) is 11.6 Å². The molecular formula is C19H32O3. The van der Waals surface area contributed by atoms with E-state index in [0.29, 0.717) is 18.3 Å². The SMILES string of the molecule is CC1CCCC2(C)C1CCC1(CO)C(O)CC(CO)=CCC21. The van der Waals surface area contributed by atoms with E-state index in [-0.39, 0.29) is 24.0 Å². The third-order valence-corrected chi connectivity index (χ3v) is 7.58. The van der Waals surface area contributed by atoms with Crippen LogP contribution in [0.2, 0.25) is 0 Å². The molecule has 3 aliphatic carbocycles. The summed E-state index contributed by atoms with van der Waals surface area (Å²) in [7, 11) is 0. The second kappa shape index (κ2) is 5.92. The summed E-state index contributed by atoms with van der Waals surface area (Å²) in [4.78, 5) is 0. The zero-order valence-corrected chi connectivity index (χ0v) is 14.1. The van der Waals surface area contributed by atoms with Crippen LogP contribution in [0.5, 0.6) is 0 Å². The molecule has 0 aromatic heterocycles. The molecule has 126 valence electrons. The summed E-state index contributed by atoms with van der Waals surface area (Å²) >= 11 is 0. The van der Waals surface area contributed by atoms with Gasteiger partial charge in [0.1, 0.15) is 0 Å². The molecule has 0 saturated heterocycles. The van der Waals surface area contributed by atoms with Gasteiger partial charge in [-0.1, -0.05) is 32.8 Å². The van der Waals surface area contributed by atoms with E-state index in [2.05, 4.69) is 19.9 Å². The van der Waals surface area contributed by atoms with E-state index in [0.717, 1.165) is 30.8 Å². The fourth-order valence-electron chi connectivity index (χ4n) is 6.29. The summed E-state index contributed by atoms with van der Waals surface area (Å²) in [5.74, 6) is 1.78. The van der Waals surface area contributed by atoms with Gasteiger partial charge in [-0.25, -0.2) is 0 Å². The average molecular weight is 308 g/mol. The summed E-state index contributed by atoms with van der Waals surface area (Å²) in [6.07, 6.45) is 8.88. The van der Waals surface area contributed by atoms with Crippen LogP contribution in [-0.4, -0.2) is 34.6 Å². The molecule has 3 heteroatoms. The molecule has 3 aliphatic rings. The van der Waals surface area contributed by atoms with Crippen molar-refractivity contribution in [3.05, 3.63) is 11.6 Å². The Kier molecular flexibility index (Phi) is 4.43. The molecule has 0 heterocycles. The molecule has 3 N–H and O–H groups in total. The molecule has 2 fully saturated rings. The zero-order chi connectivity index (χ0) is 16.0.